The molecule has 1 aliphatic carbocycles. The minimum atomic E-state index is -0.124. The SMILES string of the molecule is CCCCOC(=O)C1=CCC=C(CCC=C(C)C)C1. The summed E-state index contributed by atoms with van der Waals surface area (Å²) in [6.45, 7) is 6.87. The lowest BCUT2D eigenvalue weighted by Gasteiger charge is -2.14. The summed E-state index contributed by atoms with van der Waals surface area (Å²) in [5, 5.41) is 0. The van der Waals surface area contributed by atoms with Gasteiger partial charge in [-0.3, -0.25) is 0 Å². The highest BCUT2D eigenvalue weighted by Gasteiger charge is 2.15. The molecular weight excluding hydrogens is 236 g/mol. The molecule has 0 heterocycles. The van der Waals surface area contributed by atoms with Crippen molar-refractivity contribution in [1.29, 1.82) is 0 Å². The van der Waals surface area contributed by atoms with Crippen molar-refractivity contribution in [2.24, 2.45) is 0 Å². The predicted molar refractivity (Wildman–Crippen MR) is 79.9 cm³/mol. The molecule has 0 amide bonds. The van der Waals surface area contributed by atoms with Crippen LogP contribution >= 0.6 is 0 Å². The minimum absolute atomic E-state index is 0.124. The van der Waals surface area contributed by atoms with Crippen LogP contribution in [-0.4, -0.2) is 12.6 Å². The maximum absolute atomic E-state index is 11.9. The van der Waals surface area contributed by atoms with Gasteiger partial charge in [-0.25, -0.2) is 4.79 Å². The Morgan fingerprint density at radius 3 is 2.84 bits per heavy atom. The van der Waals surface area contributed by atoms with E-state index in [1.807, 2.05) is 6.08 Å². The van der Waals surface area contributed by atoms with E-state index in [-0.39, 0.29) is 5.97 Å². The Balaban J connectivity index is 2.37. The van der Waals surface area contributed by atoms with Crippen LogP contribution in [0.15, 0.2) is 34.9 Å². The van der Waals surface area contributed by atoms with Crippen molar-refractivity contribution in [3.8, 4) is 0 Å². The van der Waals surface area contributed by atoms with Gasteiger partial charge in [-0.05, 0) is 39.5 Å². The number of esters is 1. The van der Waals surface area contributed by atoms with Gasteiger partial charge in [-0.2, -0.15) is 0 Å². The molecule has 0 unspecified atom stereocenters. The molecule has 0 bridgehead atoms. The Morgan fingerprint density at radius 2 is 2.16 bits per heavy atom. The van der Waals surface area contributed by atoms with Crippen molar-refractivity contribution in [3.63, 3.8) is 0 Å². The first kappa shape index (κ1) is 15.7. The lowest BCUT2D eigenvalue weighted by molar-refractivity contribution is -0.139. The molecule has 106 valence electrons. The largest absolute Gasteiger partial charge is 0.462 e. The van der Waals surface area contributed by atoms with Crippen LogP contribution in [0.2, 0.25) is 0 Å². The molecule has 0 radical (unpaired) electrons. The van der Waals surface area contributed by atoms with Gasteiger partial charge in [0.05, 0.1) is 6.61 Å². The van der Waals surface area contributed by atoms with Crippen LogP contribution in [0.4, 0.5) is 0 Å². The van der Waals surface area contributed by atoms with Crippen LogP contribution < -0.4 is 0 Å². The number of rotatable bonds is 7. The van der Waals surface area contributed by atoms with E-state index in [2.05, 4.69) is 32.9 Å². The normalized spacial score (nSPS) is 14.5. The summed E-state index contributed by atoms with van der Waals surface area (Å²) in [4.78, 5) is 11.9. The van der Waals surface area contributed by atoms with Crippen molar-refractivity contribution in [2.75, 3.05) is 6.61 Å². The van der Waals surface area contributed by atoms with E-state index in [4.69, 9.17) is 4.74 Å². The lowest BCUT2D eigenvalue weighted by atomic mass is 9.94. The predicted octanol–water partition coefficient (Wildman–Crippen LogP) is 4.72. The minimum Gasteiger partial charge on any atom is -0.462 e. The third-order valence-electron chi connectivity index (χ3n) is 3.20. The van der Waals surface area contributed by atoms with Crippen molar-refractivity contribution in [1.82, 2.24) is 0 Å². The number of ether oxygens (including phenoxy) is 1. The molecule has 0 N–H and O–H groups in total. The summed E-state index contributed by atoms with van der Waals surface area (Å²) >= 11 is 0. The van der Waals surface area contributed by atoms with Gasteiger partial charge in [-0.1, -0.05) is 42.7 Å². The summed E-state index contributed by atoms with van der Waals surface area (Å²) in [5.74, 6) is -0.124. The Labute approximate surface area is 117 Å². The van der Waals surface area contributed by atoms with Crippen molar-refractivity contribution in [2.45, 2.75) is 59.3 Å². The second-order valence-electron chi connectivity index (χ2n) is 5.31. The Hall–Kier alpha value is -1.31. The number of carbonyl (C=O) groups is 1. The fraction of sp³-hybridized carbons (Fsp3) is 0.588. The fourth-order valence-corrected chi connectivity index (χ4v) is 2.05. The van der Waals surface area contributed by atoms with Gasteiger partial charge >= 0.3 is 5.97 Å². The first-order valence-electron chi connectivity index (χ1n) is 7.31. The number of allylic oxidation sites excluding steroid dienone is 5. The van der Waals surface area contributed by atoms with Gasteiger partial charge < -0.3 is 4.74 Å². The average Bonchev–Trinajstić information content (AvgIpc) is 2.39. The first-order chi connectivity index (χ1) is 9.13. The highest BCUT2D eigenvalue weighted by atomic mass is 16.5. The van der Waals surface area contributed by atoms with E-state index in [0.29, 0.717) is 6.61 Å². The molecule has 0 aromatic rings. The highest BCUT2D eigenvalue weighted by Crippen LogP contribution is 2.23. The van der Waals surface area contributed by atoms with Crippen molar-refractivity contribution < 1.29 is 9.53 Å². The molecule has 2 heteroatoms. The van der Waals surface area contributed by atoms with Crippen LogP contribution in [0.25, 0.3) is 0 Å². The number of hydrogen-bond acceptors (Lipinski definition) is 2. The Morgan fingerprint density at radius 1 is 1.37 bits per heavy atom. The number of unbranched alkanes of at least 4 members (excludes halogenated alkanes) is 1. The van der Waals surface area contributed by atoms with Crippen LogP contribution in [0.3, 0.4) is 0 Å². The summed E-state index contributed by atoms with van der Waals surface area (Å²) in [7, 11) is 0. The van der Waals surface area contributed by atoms with E-state index in [1.165, 1.54) is 11.1 Å². The number of hydrogen-bond donors (Lipinski definition) is 0. The van der Waals surface area contributed by atoms with E-state index in [0.717, 1.165) is 44.1 Å². The van der Waals surface area contributed by atoms with Gasteiger partial charge in [0.2, 0.25) is 0 Å². The molecule has 0 fully saturated rings. The van der Waals surface area contributed by atoms with E-state index >= 15 is 0 Å². The molecule has 0 aromatic carbocycles. The zero-order chi connectivity index (χ0) is 14.1. The zero-order valence-corrected chi connectivity index (χ0v) is 12.5. The number of carbonyl (C=O) groups excluding carboxylic acids is 1. The molecular formula is C17H26O2. The van der Waals surface area contributed by atoms with Gasteiger partial charge in [0, 0.05) is 12.0 Å². The second kappa shape index (κ2) is 8.73. The van der Waals surface area contributed by atoms with Gasteiger partial charge in [0.15, 0.2) is 0 Å². The smallest absolute Gasteiger partial charge is 0.334 e. The Bertz CT molecular complexity index is 382. The van der Waals surface area contributed by atoms with Crippen LogP contribution in [0.1, 0.15) is 59.3 Å². The monoisotopic (exact) mass is 262 g/mol. The van der Waals surface area contributed by atoms with E-state index < -0.39 is 0 Å². The molecule has 0 aliphatic heterocycles. The summed E-state index contributed by atoms with van der Waals surface area (Å²) in [6.07, 6.45) is 12.2. The highest BCUT2D eigenvalue weighted by molar-refractivity contribution is 5.89. The second-order valence-corrected chi connectivity index (χ2v) is 5.31. The summed E-state index contributed by atoms with van der Waals surface area (Å²) in [5.41, 5.74) is 3.55. The maximum Gasteiger partial charge on any atom is 0.334 e. The molecule has 2 nitrogen and oxygen atoms in total. The fourth-order valence-electron chi connectivity index (χ4n) is 2.05. The lowest BCUT2D eigenvalue weighted by Crippen LogP contribution is -2.11. The Kier molecular flexibility index (Phi) is 7.24. The topological polar surface area (TPSA) is 26.3 Å². The molecule has 1 rings (SSSR count). The van der Waals surface area contributed by atoms with Crippen molar-refractivity contribution >= 4 is 5.97 Å². The summed E-state index contributed by atoms with van der Waals surface area (Å²) < 4.78 is 5.27. The molecule has 0 aromatic heterocycles. The molecule has 0 saturated carbocycles. The van der Waals surface area contributed by atoms with Gasteiger partial charge in [-0.15, -0.1) is 0 Å². The van der Waals surface area contributed by atoms with Crippen molar-refractivity contribution in [3.05, 3.63) is 34.9 Å². The molecule has 19 heavy (non-hydrogen) atoms. The summed E-state index contributed by atoms with van der Waals surface area (Å²) in [6, 6.07) is 0. The quantitative estimate of drug-likeness (QED) is 0.377. The molecule has 0 saturated heterocycles. The van der Waals surface area contributed by atoms with Crippen LogP contribution in [-0.2, 0) is 9.53 Å². The zero-order valence-electron chi connectivity index (χ0n) is 12.5. The first-order valence-corrected chi connectivity index (χ1v) is 7.31. The molecule has 1 aliphatic rings. The third-order valence-corrected chi connectivity index (χ3v) is 3.20. The van der Waals surface area contributed by atoms with Crippen LogP contribution in [0, 0.1) is 0 Å². The van der Waals surface area contributed by atoms with E-state index in [9.17, 15) is 4.79 Å². The molecule has 0 atom stereocenters. The average molecular weight is 262 g/mol. The van der Waals surface area contributed by atoms with E-state index in [1.54, 1.807) is 0 Å². The van der Waals surface area contributed by atoms with Gasteiger partial charge in [0.25, 0.3) is 0 Å². The van der Waals surface area contributed by atoms with Crippen LogP contribution in [0.5, 0.6) is 0 Å². The third kappa shape index (κ3) is 6.42. The standard InChI is InChI=1S/C17H26O2/c1-4-5-12-19-17(18)16-11-7-10-15(13-16)9-6-8-14(2)3/h8,10-11H,4-7,9,12-13H2,1-3H3. The maximum atomic E-state index is 11.9. The van der Waals surface area contributed by atoms with Gasteiger partial charge in [0.1, 0.15) is 0 Å². The molecule has 0 spiro atoms.